The lowest BCUT2D eigenvalue weighted by atomic mass is 10.1. The number of nitrogens with two attached hydrogens (primary N) is 1. The summed E-state index contributed by atoms with van der Waals surface area (Å²) in [5.74, 6) is -1.44. The Bertz CT molecular complexity index is 836. The molecule has 0 saturated carbocycles. The lowest BCUT2D eigenvalue weighted by Gasteiger charge is -2.13. The number of hydrogen-bond donors (Lipinski definition) is 1. The molecular weight excluding hydrogens is 322 g/mol. The lowest BCUT2D eigenvalue weighted by molar-refractivity contribution is 0.0582. The van der Waals surface area contributed by atoms with E-state index in [1.165, 1.54) is 31.0 Å². The molecule has 0 amide bonds. The number of ether oxygens (including phenoxy) is 2. The summed E-state index contributed by atoms with van der Waals surface area (Å²) < 4.78 is 10.7. The van der Waals surface area contributed by atoms with Gasteiger partial charge in [-0.25, -0.2) is 9.59 Å². The number of anilines is 1. The molecule has 0 saturated heterocycles. The number of nitrogens with zero attached hydrogens (tertiary/aromatic N) is 2. The first-order chi connectivity index (χ1) is 11.0. The molecule has 1 aromatic carbocycles. The molecule has 8 heteroatoms. The van der Waals surface area contributed by atoms with E-state index in [1.807, 2.05) is 6.07 Å². The van der Waals surface area contributed by atoms with Crippen LogP contribution in [-0.4, -0.2) is 30.7 Å². The minimum absolute atomic E-state index is 0.0429. The molecule has 0 radical (unpaired) electrons. The minimum atomic E-state index is -0.750. The third-order valence-corrected chi connectivity index (χ3v) is 3.50. The summed E-state index contributed by atoms with van der Waals surface area (Å²) in [6.45, 7) is 0. The predicted molar refractivity (Wildman–Crippen MR) is 82.6 cm³/mol. The number of esters is 2. The van der Waals surface area contributed by atoms with Gasteiger partial charge in [-0.05, 0) is 12.1 Å². The van der Waals surface area contributed by atoms with Crippen molar-refractivity contribution in [1.82, 2.24) is 4.57 Å². The molecule has 0 atom stereocenters. The van der Waals surface area contributed by atoms with E-state index in [9.17, 15) is 9.59 Å². The van der Waals surface area contributed by atoms with E-state index >= 15 is 0 Å². The van der Waals surface area contributed by atoms with Crippen LogP contribution in [0.5, 0.6) is 0 Å². The number of nitrogen functional groups attached to an aromatic ring is 1. The van der Waals surface area contributed by atoms with Crippen LogP contribution in [0.4, 0.5) is 5.69 Å². The van der Waals surface area contributed by atoms with E-state index in [1.54, 1.807) is 12.1 Å². The highest BCUT2D eigenvalue weighted by Gasteiger charge is 2.25. The quantitative estimate of drug-likeness (QED) is 0.862. The van der Waals surface area contributed by atoms with Crippen LogP contribution in [-0.2, 0) is 9.47 Å². The average molecular weight is 334 g/mol. The van der Waals surface area contributed by atoms with Crippen LogP contribution in [0.25, 0.3) is 5.69 Å². The molecule has 0 aliphatic heterocycles. The maximum absolute atomic E-state index is 12.0. The monoisotopic (exact) mass is 333 g/mol. The molecule has 0 bridgehead atoms. The molecule has 2 rings (SSSR count). The summed E-state index contributed by atoms with van der Waals surface area (Å²) in [6, 6.07) is 6.52. The van der Waals surface area contributed by atoms with Gasteiger partial charge < -0.3 is 19.8 Å². The number of carbonyl (C=O) groups is 2. The van der Waals surface area contributed by atoms with Crippen LogP contribution in [0.15, 0.2) is 24.4 Å². The van der Waals surface area contributed by atoms with Crippen LogP contribution >= 0.6 is 11.6 Å². The fourth-order valence-electron chi connectivity index (χ4n) is 2.12. The molecule has 1 aromatic heterocycles. The minimum Gasteiger partial charge on any atom is -0.465 e. The Morgan fingerprint density at radius 1 is 1.26 bits per heavy atom. The van der Waals surface area contributed by atoms with Gasteiger partial charge in [0.2, 0.25) is 0 Å². The van der Waals surface area contributed by atoms with Crippen molar-refractivity contribution in [2.75, 3.05) is 20.0 Å². The highest BCUT2D eigenvalue weighted by Crippen LogP contribution is 2.30. The number of methoxy groups -OCH3 is 2. The SMILES string of the molecule is COC(=O)c1c(Cl)cccc1-n1cc(C#N)c(N)c1C(=O)OC. The third-order valence-electron chi connectivity index (χ3n) is 3.18. The Hall–Kier alpha value is -2.98. The second-order valence-electron chi connectivity index (χ2n) is 4.40. The number of benzene rings is 1. The van der Waals surface area contributed by atoms with Gasteiger partial charge in [-0.1, -0.05) is 17.7 Å². The smallest absolute Gasteiger partial charge is 0.357 e. The molecule has 0 aliphatic carbocycles. The molecule has 7 nitrogen and oxygen atoms in total. The van der Waals surface area contributed by atoms with Gasteiger partial charge in [0.1, 0.15) is 11.6 Å². The molecule has 118 valence electrons. The Morgan fingerprint density at radius 3 is 2.48 bits per heavy atom. The fourth-order valence-corrected chi connectivity index (χ4v) is 2.37. The van der Waals surface area contributed by atoms with E-state index < -0.39 is 11.9 Å². The zero-order chi connectivity index (χ0) is 17.1. The van der Waals surface area contributed by atoms with Gasteiger partial charge in [-0.2, -0.15) is 5.26 Å². The average Bonchev–Trinajstić information content (AvgIpc) is 2.89. The number of carbonyl (C=O) groups excluding carboxylic acids is 2. The first kappa shape index (κ1) is 16.4. The first-order valence-corrected chi connectivity index (χ1v) is 6.70. The summed E-state index contributed by atoms with van der Waals surface area (Å²) in [5.41, 5.74) is 6.07. The van der Waals surface area contributed by atoms with Gasteiger partial charge in [0.05, 0.1) is 36.2 Å². The van der Waals surface area contributed by atoms with Crippen molar-refractivity contribution in [3.05, 3.63) is 46.2 Å². The predicted octanol–water partition coefficient (Wildman–Crippen LogP) is 2.16. The van der Waals surface area contributed by atoms with Crippen LogP contribution in [0.2, 0.25) is 5.02 Å². The van der Waals surface area contributed by atoms with Crippen molar-refractivity contribution in [1.29, 1.82) is 5.26 Å². The first-order valence-electron chi connectivity index (χ1n) is 6.32. The van der Waals surface area contributed by atoms with Crippen molar-refractivity contribution in [2.24, 2.45) is 0 Å². The molecule has 0 unspecified atom stereocenters. The van der Waals surface area contributed by atoms with E-state index in [0.717, 1.165) is 0 Å². The number of aromatic nitrogens is 1. The van der Waals surface area contributed by atoms with E-state index in [4.69, 9.17) is 32.1 Å². The largest absolute Gasteiger partial charge is 0.465 e. The Balaban J connectivity index is 2.83. The van der Waals surface area contributed by atoms with Crippen LogP contribution < -0.4 is 5.73 Å². The van der Waals surface area contributed by atoms with Crippen molar-refractivity contribution in [3.63, 3.8) is 0 Å². The molecule has 1 heterocycles. The van der Waals surface area contributed by atoms with Crippen LogP contribution in [0.1, 0.15) is 26.4 Å². The maximum atomic E-state index is 12.0. The fraction of sp³-hybridized carbons (Fsp3) is 0.133. The van der Waals surface area contributed by atoms with Crippen molar-refractivity contribution < 1.29 is 19.1 Å². The van der Waals surface area contributed by atoms with Crippen molar-refractivity contribution >= 4 is 29.2 Å². The van der Waals surface area contributed by atoms with Gasteiger partial charge in [0, 0.05) is 6.20 Å². The highest BCUT2D eigenvalue weighted by atomic mass is 35.5. The lowest BCUT2D eigenvalue weighted by Crippen LogP contribution is -2.14. The van der Waals surface area contributed by atoms with E-state index in [0.29, 0.717) is 0 Å². The van der Waals surface area contributed by atoms with Gasteiger partial charge >= 0.3 is 11.9 Å². The molecule has 2 N–H and O–H groups in total. The standard InChI is InChI=1S/C15H12ClN3O4/c1-22-14(20)11-9(16)4-3-5-10(11)19-7-8(6-17)12(18)13(19)15(21)23-2/h3-5,7H,18H2,1-2H3. The van der Waals surface area contributed by atoms with Crippen molar-refractivity contribution in [3.8, 4) is 11.8 Å². The third kappa shape index (κ3) is 2.72. The number of rotatable bonds is 3. The Labute approximate surface area is 136 Å². The topological polar surface area (TPSA) is 107 Å². The Morgan fingerprint density at radius 2 is 1.91 bits per heavy atom. The van der Waals surface area contributed by atoms with Gasteiger partial charge in [-0.3, -0.25) is 0 Å². The highest BCUT2D eigenvalue weighted by molar-refractivity contribution is 6.34. The number of halogens is 1. The van der Waals surface area contributed by atoms with Crippen LogP contribution in [0.3, 0.4) is 0 Å². The second-order valence-corrected chi connectivity index (χ2v) is 4.81. The summed E-state index contributed by atoms with van der Waals surface area (Å²) in [5, 5.41) is 9.26. The van der Waals surface area contributed by atoms with Gasteiger partial charge in [0.25, 0.3) is 0 Å². The summed E-state index contributed by atoms with van der Waals surface area (Å²) in [7, 11) is 2.39. The normalized spacial score (nSPS) is 10.0. The van der Waals surface area contributed by atoms with Gasteiger partial charge in [-0.15, -0.1) is 0 Å². The Kier molecular flexibility index (Phi) is 4.57. The number of nitriles is 1. The number of hydrogen-bond acceptors (Lipinski definition) is 6. The molecule has 0 aliphatic rings. The van der Waals surface area contributed by atoms with Gasteiger partial charge in [0.15, 0.2) is 5.69 Å². The molecule has 23 heavy (non-hydrogen) atoms. The zero-order valence-electron chi connectivity index (χ0n) is 12.3. The zero-order valence-corrected chi connectivity index (χ0v) is 13.0. The second kappa shape index (κ2) is 6.42. The van der Waals surface area contributed by atoms with E-state index in [2.05, 4.69) is 0 Å². The summed E-state index contributed by atoms with van der Waals surface area (Å²) >= 11 is 6.07. The molecular formula is C15H12ClN3O4. The van der Waals surface area contributed by atoms with Crippen molar-refractivity contribution in [2.45, 2.75) is 0 Å². The van der Waals surface area contributed by atoms with Crippen LogP contribution in [0, 0.1) is 11.3 Å². The molecule has 0 fully saturated rings. The molecule has 0 spiro atoms. The summed E-state index contributed by atoms with van der Waals surface area (Å²) in [6.07, 6.45) is 1.33. The summed E-state index contributed by atoms with van der Waals surface area (Å²) in [4.78, 5) is 24.0. The van der Waals surface area contributed by atoms with E-state index in [-0.39, 0.29) is 33.2 Å². The molecule has 2 aromatic rings. The maximum Gasteiger partial charge on any atom is 0.357 e.